The number of carbonyl (C=O) groups excluding carboxylic acids is 1. The lowest BCUT2D eigenvalue weighted by atomic mass is 10.1. The first-order chi connectivity index (χ1) is 15.4. The first kappa shape index (κ1) is 21.8. The highest BCUT2D eigenvalue weighted by Crippen LogP contribution is 2.32. The van der Waals surface area contributed by atoms with Crippen molar-refractivity contribution in [1.29, 1.82) is 0 Å². The van der Waals surface area contributed by atoms with Gasteiger partial charge in [-0.1, -0.05) is 23.2 Å². The van der Waals surface area contributed by atoms with Crippen molar-refractivity contribution >= 4 is 57.6 Å². The SMILES string of the molecule is CCOc1cc2nc(Nc3c(Cl)cncc3Cl)[nH]c2cc1C(=O)Nc1cc(C)c(F)cn1. The van der Waals surface area contributed by atoms with Gasteiger partial charge in [0.1, 0.15) is 17.4 Å². The van der Waals surface area contributed by atoms with Crippen molar-refractivity contribution in [1.82, 2.24) is 19.9 Å². The number of benzene rings is 1. The van der Waals surface area contributed by atoms with Crippen LogP contribution in [-0.2, 0) is 0 Å². The van der Waals surface area contributed by atoms with Crippen LogP contribution in [0.5, 0.6) is 5.75 Å². The Morgan fingerprint density at radius 3 is 2.62 bits per heavy atom. The molecule has 32 heavy (non-hydrogen) atoms. The number of hydrogen-bond acceptors (Lipinski definition) is 6. The molecule has 3 heterocycles. The van der Waals surface area contributed by atoms with Gasteiger partial charge >= 0.3 is 0 Å². The number of H-pyrrole nitrogens is 1. The standard InChI is InChI=1S/C21H17Cl2FN6O2/c1-3-32-17-6-16-15(27-21(28-16)30-19-12(22)7-25-8-13(19)23)5-11(17)20(31)29-18-4-10(2)14(24)9-26-18/h4-9H,3H2,1-2H3,(H,26,29,31)(H2,25,27,28,30). The van der Waals surface area contributed by atoms with Gasteiger partial charge in [0, 0.05) is 18.5 Å². The number of hydrogen-bond donors (Lipinski definition) is 3. The van der Waals surface area contributed by atoms with E-state index in [2.05, 4.69) is 30.6 Å². The number of aryl methyl sites for hydroxylation is 1. The summed E-state index contributed by atoms with van der Waals surface area (Å²) >= 11 is 12.3. The Kier molecular flexibility index (Phi) is 6.11. The van der Waals surface area contributed by atoms with E-state index >= 15 is 0 Å². The van der Waals surface area contributed by atoms with Crippen LogP contribution in [0, 0.1) is 12.7 Å². The molecule has 0 atom stereocenters. The highest BCUT2D eigenvalue weighted by molar-refractivity contribution is 6.39. The molecule has 0 radical (unpaired) electrons. The molecule has 0 unspecified atom stereocenters. The molecule has 11 heteroatoms. The molecular weight excluding hydrogens is 458 g/mol. The Bertz CT molecular complexity index is 1310. The smallest absolute Gasteiger partial charge is 0.260 e. The van der Waals surface area contributed by atoms with Crippen LogP contribution in [0.4, 0.5) is 21.8 Å². The lowest BCUT2D eigenvalue weighted by Crippen LogP contribution is -2.15. The lowest BCUT2D eigenvalue weighted by molar-refractivity contribution is 0.102. The number of ether oxygens (including phenoxy) is 1. The summed E-state index contributed by atoms with van der Waals surface area (Å²) in [5, 5.41) is 6.34. The largest absolute Gasteiger partial charge is 0.493 e. The summed E-state index contributed by atoms with van der Waals surface area (Å²) in [5.74, 6) is 0.0232. The summed E-state index contributed by atoms with van der Waals surface area (Å²) in [6.45, 7) is 3.74. The Morgan fingerprint density at radius 1 is 1.19 bits per heavy atom. The van der Waals surface area contributed by atoms with E-state index in [9.17, 15) is 9.18 Å². The van der Waals surface area contributed by atoms with Crippen molar-refractivity contribution in [2.24, 2.45) is 0 Å². The van der Waals surface area contributed by atoms with E-state index in [1.165, 1.54) is 18.5 Å². The molecule has 4 rings (SSSR count). The van der Waals surface area contributed by atoms with Crippen LogP contribution in [-0.4, -0.2) is 32.4 Å². The van der Waals surface area contributed by atoms with Crippen LogP contribution < -0.4 is 15.4 Å². The Hall–Kier alpha value is -3.43. The third-order valence-electron chi connectivity index (χ3n) is 4.51. The van der Waals surface area contributed by atoms with Gasteiger partial charge in [-0.15, -0.1) is 0 Å². The van der Waals surface area contributed by atoms with Gasteiger partial charge in [0.25, 0.3) is 5.91 Å². The quantitative estimate of drug-likeness (QED) is 0.340. The van der Waals surface area contributed by atoms with Crippen molar-refractivity contribution in [3.8, 4) is 5.75 Å². The number of amides is 1. The lowest BCUT2D eigenvalue weighted by Gasteiger charge is -2.11. The molecule has 3 N–H and O–H groups in total. The van der Waals surface area contributed by atoms with Crippen molar-refractivity contribution in [2.75, 3.05) is 17.2 Å². The predicted octanol–water partition coefficient (Wildman–Crippen LogP) is 5.50. The van der Waals surface area contributed by atoms with E-state index in [0.29, 0.717) is 50.6 Å². The van der Waals surface area contributed by atoms with Gasteiger partial charge in [0.2, 0.25) is 5.95 Å². The third-order valence-corrected chi connectivity index (χ3v) is 5.09. The highest BCUT2D eigenvalue weighted by atomic mass is 35.5. The second kappa shape index (κ2) is 8.97. The molecule has 0 bridgehead atoms. The fourth-order valence-corrected chi connectivity index (χ4v) is 3.45. The number of rotatable bonds is 6. The minimum absolute atomic E-state index is 0.227. The van der Waals surface area contributed by atoms with Crippen LogP contribution in [0.25, 0.3) is 11.0 Å². The first-order valence-electron chi connectivity index (χ1n) is 9.51. The molecule has 0 aliphatic heterocycles. The molecule has 0 saturated heterocycles. The number of halogens is 3. The summed E-state index contributed by atoms with van der Waals surface area (Å²) in [7, 11) is 0. The van der Waals surface area contributed by atoms with Crippen molar-refractivity contribution in [2.45, 2.75) is 13.8 Å². The van der Waals surface area contributed by atoms with Gasteiger partial charge in [-0.2, -0.15) is 0 Å². The van der Waals surface area contributed by atoms with Gasteiger partial charge in [0.15, 0.2) is 0 Å². The van der Waals surface area contributed by atoms with Gasteiger partial charge in [-0.25, -0.2) is 14.4 Å². The number of anilines is 3. The van der Waals surface area contributed by atoms with Gasteiger partial charge in [0.05, 0.1) is 45.1 Å². The highest BCUT2D eigenvalue weighted by Gasteiger charge is 2.18. The molecule has 0 aliphatic carbocycles. The summed E-state index contributed by atoms with van der Waals surface area (Å²) in [4.78, 5) is 28.3. The Morgan fingerprint density at radius 2 is 1.94 bits per heavy atom. The van der Waals surface area contributed by atoms with Crippen LogP contribution >= 0.6 is 23.2 Å². The average molecular weight is 475 g/mol. The monoisotopic (exact) mass is 474 g/mol. The number of nitrogens with zero attached hydrogens (tertiary/aromatic N) is 3. The van der Waals surface area contributed by atoms with Gasteiger partial charge < -0.3 is 20.4 Å². The minimum Gasteiger partial charge on any atom is -0.493 e. The zero-order valence-electron chi connectivity index (χ0n) is 17.0. The molecule has 0 saturated carbocycles. The maximum Gasteiger partial charge on any atom is 0.260 e. The van der Waals surface area contributed by atoms with E-state index in [1.807, 2.05) is 6.92 Å². The van der Waals surface area contributed by atoms with Crippen molar-refractivity contribution in [3.05, 3.63) is 63.8 Å². The predicted molar refractivity (Wildman–Crippen MR) is 122 cm³/mol. The van der Waals surface area contributed by atoms with E-state index in [0.717, 1.165) is 6.20 Å². The normalized spacial score (nSPS) is 10.9. The maximum absolute atomic E-state index is 13.5. The average Bonchev–Trinajstić information content (AvgIpc) is 3.14. The molecule has 3 aromatic heterocycles. The molecule has 164 valence electrons. The van der Waals surface area contributed by atoms with E-state index in [1.54, 1.807) is 19.1 Å². The number of imidazole rings is 1. The minimum atomic E-state index is -0.460. The van der Waals surface area contributed by atoms with Crippen LogP contribution in [0.3, 0.4) is 0 Å². The van der Waals surface area contributed by atoms with Crippen LogP contribution in [0.2, 0.25) is 10.0 Å². The Labute approximate surface area is 192 Å². The van der Waals surface area contributed by atoms with Crippen LogP contribution in [0.15, 0.2) is 36.8 Å². The molecule has 0 fully saturated rings. The maximum atomic E-state index is 13.5. The van der Waals surface area contributed by atoms with Crippen LogP contribution in [0.1, 0.15) is 22.8 Å². The third kappa shape index (κ3) is 4.44. The molecule has 1 amide bonds. The molecule has 0 spiro atoms. The van der Waals surface area contributed by atoms with Crippen molar-refractivity contribution in [3.63, 3.8) is 0 Å². The fourth-order valence-electron chi connectivity index (χ4n) is 2.99. The summed E-state index contributed by atoms with van der Waals surface area (Å²) < 4.78 is 19.1. The number of pyridine rings is 2. The molecule has 4 aromatic rings. The molecular formula is C21H17Cl2FN6O2. The fraction of sp³-hybridized carbons (Fsp3) is 0.143. The zero-order valence-corrected chi connectivity index (χ0v) is 18.5. The first-order valence-corrected chi connectivity index (χ1v) is 10.3. The number of aromatic amines is 1. The van der Waals surface area contributed by atoms with Crippen molar-refractivity contribution < 1.29 is 13.9 Å². The van der Waals surface area contributed by atoms with Gasteiger partial charge in [-0.05, 0) is 31.5 Å². The summed E-state index contributed by atoms with van der Waals surface area (Å²) in [6, 6.07) is 4.71. The summed E-state index contributed by atoms with van der Waals surface area (Å²) in [5.41, 5.74) is 2.21. The second-order valence-electron chi connectivity index (χ2n) is 6.76. The Balaban J connectivity index is 1.68. The number of carbonyl (C=O) groups is 1. The second-order valence-corrected chi connectivity index (χ2v) is 7.57. The summed E-state index contributed by atoms with van der Waals surface area (Å²) in [6.07, 6.45) is 3.97. The molecule has 0 aliphatic rings. The number of nitrogens with one attached hydrogen (secondary N) is 3. The van der Waals surface area contributed by atoms with E-state index in [4.69, 9.17) is 27.9 Å². The van der Waals surface area contributed by atoms with E-state index in [-0.39, 0.29) is 11.4 Å². The molecule has 8 nitrogen and oxygen atoms in total. The van der Waals surface area contributed by atoms with E-state index < -0.39 is 11.7 Å². The topological polar surface area (TPSA) is 105 Å². The zero-order chi connectivity index (χ0) is 22.8. The van der Waals surface area contributed by atoms with Gasteiger partial charge in [-0.3, -0.25) is 9.78 Å². The number of aromatic nitrogens is 4. The number of fused-ring (bicyclic) bond motifs is 1. The molecule has 1 aromatic carbocycles.